The normalized spacial score (nSPS) is 12.3. The third kappa shape index (κ3) is 3.63. The zero-order valence-corrected chi connectivity index (χ0v) is 13.5. The molecule has 0 aliphatic heterocycles. The molecule has 0 saturated heterocycles. The van der Waals surface area contributed by atoms with Crippen LogP contribution in [0.25, 0.3) is 0 Å². The predicted octanol–water partition coefficient (Wildman–Crippen LogP) is 2.01. The lowest BCUT2D eigenvalue weighted by Gasteiger charge is -2.26. The molecule has 0 atom stereocenters. The average Bonchev–Trinajstić information content (AvgIpc) is 2.33. The Labute approximate surface area is 125 Å². The smallest absolute Gasteiger partial charge is 0.243 e. The molecule has 0 aliphatic rings. The first-order valence-electron chi connectivity index (χ1n) is 6.40. The zero-order valence-electron chi connectivity index (χ0n) is 11.9. The summed E-state index contributed by atoms with van der Waals surface area (Å²) in [7, 11) is -3.69. The number of nitrogens with two attached hydrogens (primary N) is 1. The first-order valence-corrected chi connectivity index (χ1v) is 8.22. The van der Waals surface area contributed by atoms with Crippen LogP contribution in [-0.2, 0) is 10.0 Å². The summed E-state index contributed by atoms with van der Waals surface area (Å²) in [5.74, 6) is 0. The standard InChI is InChI=1S/C13H21ClN2O3S/c1-9(2)16(5-4-6-17)20(18,19)13-8-11(14)7-12(15)10(13)3/h7-9,17H,4-6,15H2,1-3H3. The molecule has 0 amide bonds. The van der Waals surface area contributed by atoms with Crippen molar-refractivity contribution in [3.05, 3.63) is 22.7 Å². The van der Waals surface area contributed by atoms with Gasteiger partial charge in [0.05, 0.1) is 4.90 Å². The van der Waals surface area contributed by atoms with Crippen LogP contribution in [0.1, 0.15) is 25.8 Å². The third-order valence-electron chi connectivity index (χ3n) is 3.06. The quantitative estimate of drug-likeness (QED) is 0.785. The van der Waals surface area contributed by atoms with Gasteiger partial charge in [-0.2, -0.15) is 4.31 Å². The van der Waals surface area contributed by atoms with Crippen molar-refractivity contribution in [2.75, 3.05) is 18.9 Å². The molecule has 1 aromatic carbocycles. The lowest BCUT2D eigenvalue weighted by molar-refractivity contribution is 0.258. The molecule has 114 valence electrons. The highest BCUT2D eigenvalue weighted by atomic mass is 35.5. The second kappa shape index (κ2) is 6.76. The molecule has 20 heavy (non-hydrogen) atoms. The molecule has 0 saturated carbocycles. The number of nitrogen functional groups attached to an aromatic ring is 1. The number of hydrogen-bond donors (Lipinski definition) is 2. The summed E-state index contributed by atoms with van der Waals surface area (Å²) in [4.78, 5) is 0.120. The van der Waals surface area contributed by atoms with E-state index < -0.39 is 10.0 Å². The van der Waals surface area contributed by atoms with Gasteiger partial charge in [-0.05, 0) is 44.9 Å². The Bertz CT molecular complexity index is 573. The second-order valence-corrected chi connectivity index (χ2v) is 7.20. The first-order chi connectivity index (χ1) is 9.21. The Morgan fingerprint density at radius 1 is 1.40 bits per heavy atom. The van der Waals surface area contributed by atoms with Gasteiger partial charge in [0, 0.05) is 29.9 Å². The number of halogens is 1. The van der Waals surface area contributed by atoms with Crippen molar-refractivity contribution in [2.24, 2.45) is 0 Å². The van der Waals surface area contributed by atoms with Crippen LogP contribution >= 0.6 is 11.6 Å². The lowest BCUT2D eigenvalue weighted by atomic mass is 10.2. The Morgan fingerprint density at radius 2 is 2.00 bits per heavy atom. The second-order valence-electron chi connectivity index (χ2n) is 4.90. The van der Waals surface area contributed by atoms with E-state index in [1.807, 2.05) is 0 Å². The van der Waals surface area contributed by atoms with E-state index in [0.29, 0.717) is 17.7 Å². The van der Waals surface area contributed by atoms with Crippen molar-refractivity contribution in [3.63, 3.8) is 0 Å². The SMILES string of the molecule is Cc1c(N)cc(Cl)cc1S(=O)(=O)N(CCCO)C(C)C. The molecule has 0 radical (unpaired) electrons. The van der Waals surface area contributed by atoms with E-state index in [0.717, 1.165) is 0 Å². The maximum absolute atomic E-state index is 12.7. The van der Waals surface area contributed by atoms with E-state index in [2.05, 4.69) is 0 Å². The molecule has 3 N–H and O–H groups in total. The summed E-state index contributed by atoms with van der Waals surface area (Å²) < 4.78 is 26.8. The molecule has 0 bridgehead atoms. The van der Waals surface area contributed by atoms with E-state index >= 15 is 0 Å². The van der Waals surface area contributed by atoms with Crippen LogP contribution in [0.2, 0.25) is 5.02 Å². The summed E-state index contributed by atoms with van der Waals surface area (Å²) >= 11 is 5.91. The number of sulfonamides is 1. The number of aliphatic hydroxyl groups is 1. The molecule has 5 nitrogen and oxygen atoms in total. The van der Waals surface area contributed by atoms with Crippen LogP contribution in [0, 0.1) is 6.92 Å². The van der Waals surface area contributed by atoms with Gasteiger partial charge in [0.1, 0.15) is 0 Å². The number of nitrogens with zero attached hydrogens (tertiary/aromatic N) is 1. The van der Waals surface area contributed by atoms with Gasteiger partial charge in [0.2, 0.25) is 10.0 Å². The molecule has 7 heteroatoms. The van der Waals surface area contributed by atoms with Gasteiger partial charge in [0.25, 0.3) is 0 Å². The Kier molecular flexibility index (Phi) is 5.82. The fraction of sp³-hybridized carbons (Fsp3) is 0.538. The number of anilines is 1. The molecule has 0 aromatic heterocycles. The monoisotopic (exact) mass is 320 g/mol. The molecule has 0 heterocycles. The topological polar surface area (TPSA) is 83.6 Å². The van der Waals surface area contributed by atoms with E-state index in [1.54, 1.807) is 20.8 Å². The van der Waals surface area contributed by atoms with Crippen LogP contribution in [-0.4, -0.2) is 37.0 Å². The Morgan fingerprint density at radius 3 is 2.50 bits per heavy atom. The third-order valence-corrected chi connectivity index (χ3v) is 5.48. The van der Waals surface area contributed by atoms with Crippen molar-refractivity contribution in [1.29, 1.82) is 0 Å². The van der Waals surface area contributed by atoms with Crippen LogP contribution in [0.5, 0.6) is 0 Å². The van der Waals surface area contributed by atoms with Gasteiger partial charge in [-0.15, -0.1) is 0 Å². The summed E-state index contributed by atoms with van der Waals surface area (Å²) in [5.41, 5.74) is 6.63. The first kappa shape index (κ1) is 17.2. The van der Waals surface area contributed by atoms with Gasteiger partial charge < -0.3 is 10.8 Å². The highest BCUT2D eigenvalue weighted by molar-refractivity contribution is 7.89. The fourth-order valence-corrected chi connectivity index (χ4v) is 4.20. The summed E-state index contributed by atoms with van der Waals surface area (Å²) in [5, 5.41) is 9.20. The zero-order chi connectivity index (χ0) is 15.5. The Balaban J connectivity index is 3.33. The van der Waals surface area contributed by atoms with Crippen molar-refractivity contribution in [1.82, 2.24) is 4.31 Å². The van der Waals surface area contributed by atoms with Crippen molar-refractivity contribution in [2.45, 2.75) is 38.1 Å². The fourth-order valence-electron chi connectivity index (χ4n) is 1.95. The van der Waals surface area contributed by atoms with Gasteiger partial charge in [-0.3, -0.25) is 0 Å². The highest BCUT2D eigenvalue weighted by Gasteiger charge is 2.28. The van der Waals surface area contributed by atoms with Crippen molar-refractivity contribution < 1.29 is 13.5 Å². The Hall–Kier alpha value is -0.820. The van der Waals surface area contributed by atoms with E-state index in [4.69, 9.17) is 22.4 Å². The largest absolute Gasteiger partial charge is 0.398 e. The number of rotatable bonds is 6. The van der Waals surface area contributed by atoms with Crippen LogP contribution in [0.4, 0.5) is 5.69 Å². The van der Waals surface area contributed by atoms with E-state index in [9.17, 15) is 8.42 Å². The number of benzene rings is 1. The maximum Gasteiger partial charge on any atom is 0.243 e. The molecule has 1 rings (SSSR count). The van der Waals surface area contributed by atoms with Crippen LogP contribution < -0.4 is 5.73 Å². The average molecular weight is 321 g/mol. The predicted molar refractivity (Wildman–Crippen MR) is 81.3 cm³/mol. The van der Waals surface area contributed by atoms with Gasteiger partial charge in [0.15, 0.2) is 0 Å². The minimum atomic E-state index is -3.69. The highest BCUT2D eigenvalue weighted by Crippen LogP contribution is 2.29. The lowest BCUT2D eigenvalue weighted by Crippen LogP contribution is -2.38. The van der Waals surface area contributed by atoms with E-state index in [1.165, 1.54) is 16.4 Å². The molecule has 0 fully saturated rings. The minimum absolute atomic E-state index is 0.0601. The van der Waals surface area contributed by atoms with Gasteiger partial charge in [-0.1, -0.05) is 11.6 Å². The van der Waals surface area contributed by atoms with E-state index in [-0.39, 0.29) is 29.1 Å². The number of hydrogen-bond acceptors (Lipinski definition) is 4. The molecular formula is C13H21ClN2O3S. The minimum Gasteiger partial charge on any atom is -0.398 e. The van der Waals surface area contributed by atoms with Crippen molar-refractivity contribution in [3.8, 4) is 0 Å². The molecule has 1 aromatic rings. The summed E-state index contributed by atoms with van der Waals surface area (Å²) in [6.45, 7) is 5.43. The molecule has 0 unspecified atom stereocenters. The van der Waals surface area contributed by atoms with Crippen LogP contribution in [0.3, 0.4) is 0 Å². The maximum atomic E-state index is 12.7. The van der Waals surface area contributed by atoms with Gasteiger partial charge >= 0.3 is 0 Å². The molecule has 0 spiro atoms. The number of aliphatic hydroxyl groups excluding tert-OH is 1. The molecular weight excluding hydrogens is 300 g/mol. The van der Waals surface area contributed by atoms with Crippen molar-refractivity contribution >= 4 is 27.3 Å². The van der Waals surface area contributed by atoms with Gasteiger partial charge in [-0.25, -0.2) is 8.42 Å². The summed E-state index contributed by atoms with van der Waals surface area (Å²) in [6, 6.07) is 2.73. The summed E-state index contributed by atoms with van der Waals surface area (Å²) in [6.07, 6.45) is 0.381. The van der Waals surface area contributed by atoms with Crippen LogP contribution in [0.15, 0.2) is 17.0 Å². The molecule has 0 aliphatic carbocycles.